The van der Waals surface area contributed by atoms with Crippen molar-refractivity contribution >= 4 is 93.1 Å². The van der Waals surface area contributed by atoms with E-state index in [0.29, 0.717) is 0 Å². The number of hydrogen-bond acceptors (Lipinski definition) is 19. The molecule has 0 aliphatic carbocycles. The molecule has 5 aromatic rings. The monoisotopic (exact) mass is 871 g/mol. The average Bonchev–Trinajstić information content (AvgIpc) is 3.09. The Morgan fingerprint density at radius 1 is 0.825 bits per heavy atom. The first kappa shape index (κ1) is 42.0. The number of aromatic hydroxyl groups is 1. The second-order valence-corrected chi connectivity index (χ2v) is 15.6. The van der Waals surface area contributed by atoms with Gasteiger partial charge in [-0.1, -0.05) is 0 Å². The summed E-state index contributed by atoms with van der Waals surface area (Å²) in [6.45, 7) is 1.51. The first-order chi connectivity index (χ1) is 26.6. The van der Waals surface area contributed by atoms with E-state index in [0.717, 1.165) is 48.5 Å². The number of aromatic carboxylic acids is 1. The van der Waals surface area contributed by atoms with E-state index < -0.39 is 125 Å². The number of phenolic OH excluding ortho intramolecular Hbond substituents is 1. The average molecular weight is 872 g/mol. The van der Waals surface area contributed by atoms with Crippen molar-refractivity contribution in [2.24, 2.45) is 10.2 Å². The van der Waals surface area contributed by atoms with Crippen molar-refractivity contribution < 1.29 is 76.3 Å². The second kappa shape index (κ2) is 16.1. The van der Waals surface area contributed by atoms with Gasteiger partial charge in [-0.05, 0) is 55.5 Å². The van der Waals surface area contributed by atoms with E-state index in [1.54, 1.807) is 6.92 Å². The highest BCUT2D eigenvalue weighted by Gasteiger charge is 2.26. The summed E-state index contributed by atoms with van der Waals surface area (Å²) >= 11 is -3.17. The van der Waals surface area contributed by atoms with Crippen LogP contribution in [0.3, 0.4) is 0 Å². The van der Waals surface area contributed by atoms with Crippen LogP contribution < -0.4 is 24.3 Å². The predicted octanol–water partition coefficient (Wildman–Crippen LogP) is 3.99. The molecule has 0 aliphatic rings. The molecule has 57 heavy (non-hydrogen) atoms. The van der Waals surface area contributed by atoms with Crippen LogP contribution in [0.1, 0.15) is 17.3 Å². The van der Waals surface area contributed by atoms with Gasteiger partial charge in [0, 0.05) is 11.5 Å². The number of ether oxygens (including phenoxy) is 2. The van der Waals surface area contributed by atoms with Gasteiger partial charge in [0.2, 0.25) is 11.9 Å². The van der Waals surface area contributed by atoms with Gasteiger partial charge < -0.3 is 34.5 Å². The fourth-order valence-electron chi connectivity index (χ4n) is 4.89. The van der Waals surface area contributed by atoms with Crippen LogP contribution in [-0.2, 0) is 41.7 Å². The highest BCUT2D eigenvalue weighted by atomic mass is 32.2. The van der Waals surface area contributed by atoms with Gasteiger partial charge in [-0.15, -0.1) is 10.2 Å². The number of nitrogens with one attached hydrogen (secondary N) is 2. The summed E-state index contributed by atoms with van der Waals surface area (Å²) < 4.78 is 138. The Labute approximate surface area is 323 Å². The molecule has 1 atom stereocenters. The van der Waals surface area contributed by atoms with E-state index in [4.69, 9.17) is 13.7 Å². The molecule has 0 aliphatic heterocycles. The first-order valence-corrected chi connectivity index (χ1v) is 20.4. The first-order valence-electron chi connectivity index (χ1n) is 15.0. The summed E-state index contributed by atoms with van der Waals surface area (Å²) in [6, 6.07) is 7.79. The van der Waals surface area contributed by atoms with Crippen LogP contribution in [0.4, 0.5) is 34.6 Å². The minimum Gasteiger partial charge on any atom is -0.505 e. The Balaban J connectivity index is 1.73. The second-order valence-electron chi connectivity index (χ2n) is 10.8. The molecule has 1 unspecified atom stereocenters. The molecule has 0 spiro atoms. The van der Waals surface area contributed by atoms with Crippen LogP contribution in [0.25, 0.3) is 10.8 Å². The molecule has 302 valence electrons. The Kier molecular flexibility index (Phi) is 11.9. The minimum atomic E-state index is -5.13. The van der Waals surface area contributed by atoms with Crippen LogP contribution in [-0.4, -0.2) is 92.5 Å². The molecule has 1 heterocycles. The van der Waals surface area contributed by atoms with Crippen molar-refractivity contribution in [3.05, 3.63) is 60.2 Å². The number of hydrogen-bond donors (Lipinski definition) is 8. The van der Waals surface area contributed by atoms with Crippen LogP contribution >= 0.6 is 0 Å². The van der Waals surface area contributed by atoms with Crippen LogP contribution in [0.5, 0.6) is 23.3 Å². The lowest BCUT2D eigenvalue weighted by Gasteiger charge is -2.16. The lowest BCUT2D eigenvalue weighted by atomic mass is 10.1. The van der Waals surface area contributed by atoms with Gasteiger partial charge in [0.1, 0.15) is 21.2 Å². The third-order valence-corrected chi connectivity index (χ3v) is 10.2. The van der Waals surface area contributed by atoms with Crippen molar-refractivity contribution in [1.82, 2.24) is 15.0 Å². The van der Waals surface area contributed by atoms with E-state index in [1.807, 2.05) is 0 Å². The standard InChI is InChI=1S/C29H25N7O17S4/c1-3-52-29-33-27(32-28(34-29)31-19-11-14(55(42,43)44)5-6-15(19)26(38)39)30-18-8-9-21(56(45,46)47)16-12-20(53-54(40)41)24(25(37)23(16)18)36-35-17-7-4-13(51-2)10-22(17)57(48,49)50/h4-12,37H,3H2,1-2H3,(H,38,39)(H,40,41)(H,42,43,44)(H,45,46,47)(H,48,49,50)(H2,30,31,32,33,34). The highest BCUT2D eigenvalue weighted by Crippen LogP contribution is 2.49. The Morgan fingerprint density at radius 2 is 1.47 bits per heavy atom. The molecule has 1 aromatic heterocycles. The van der Waals surface area contributed by atoms with Gasteiger partial charge >= 0.3 is 23.3 Å². The summed E-state index contributed by atoms with van der Waals surface area (Å²) in [5.41, 5.74) is -2.58. The lowest BCUT2D eigenvalue weighted by Crippen LogP contribution is -2.10. The normalized spacial score (nSPS) is 12.7. The number of fused-ring (bicyclic) bond motifs is 1. The number of azo groups is 1. The van der Waals surface area contributed by atoms with E-state index in [-0.39, 0.29) is 18.0 Å². The number of phenols is 1. The lowest BCUT2D eigenvalue weighted by molar-refractivity contribution is 0.0697. The number of anilines is 4. The van der Waals surface area contributed by atoms with Gasteiger partial charge in [-0.3, -0.25) is 18.2 Å². The predicted molar refractivity (Wildman–Crippen MR) is 195 cm³/mol. The number of carbonyl (C=O) groups is 1. The number of aromatic nitrogens is 3. The summed E-state index contributed by atoms with van der Waals surface area (Å²) in [5, 5.41) is 32.8. The topological polar surface area (TPSA) is 373 Å². The quantitative estimate of drug-likeness (QED) is 0.0418. The van der Waals surface area contributed by atoms with Crippen molar-refractivity contribution in [3.8, 4) is 23.3 Å². The largest absolute Gasteiger partial charge is 0.505 e. The van der Waals surface area contributed by atoms with Crippen molar-refractivity contribution in [3.63, 3.8) is 0 Å². The van der Waals surface area contributed by atoms with E-state index >= 15 is 0 Å². The molecule has 0 bridgehead atoms. The van der Waals surface area contributed by atoms with Crippen molar-refractivity contribution in [2.45, 2.75) is 21.6 Å². The number of carboxylic acid groups (broad SMARTS) is 1. The fraction of sp³-hybridized carbons (Fsp3) is 0.103. The third kappa shape index (κ3) is 9.64. The van der Waals surface area contributed by atoms with Crippen LogP contribution in [0, 0.1) is 0 Å². The SMILES string of the molecule is CCOc1nc(Nc2cc(S(=O)(=O)O)ccc2C(=O)O)nc(Nc2ccc(S(=O)(=O)O)c3cc(OS(=O)O)c(N=Nc4ccc(OC)cc4S(=O)(=O)O)c(O)c23)n1. The van der Waals surface area contributed by atoms with Crippen molar-refractivity contribution in [2.75, 3.05) is 24.4 Å². The number of rotatable bonds is 15. The number of nitrogens with zero attached hydrogens (tertiary/aromatic N) is 5. The maximum atomic E-state index is 12.5. The minimum absolute atomic E-state index is 0.0265. The molecule has 5 rings (SSSR count). The number of carboxylic acids is 1. The van der Waals surface area contributed by atoms with Crippen molar-refractivity contribution in [1.29, 1.82) is 0 Å². The molecule has 24 nitrogen and oxygen atoms in total. The molecule has 0 saturated heterocycles. The molecule has 28 heteroatoms. The zero-order chi connectivity index (χ0) is 42.0. The van der Waals surface area contributed by atoms with E-state index in [1.165, 1.54) is 13.2 Å². The molecule has 0 saturated carbocycles. The van der Waals surface area contributed by atoms with Crippen LogP contribution in [0.15, 0.2) is 79.5 Å². The molecular weight excluding hydrogens is 847 g/mol. The molecule has 8 N–H and O–H groups in total. The smallest absolute Gasteiger partial charge is 0.357 e. The van der Waals surface area contributed by atoms with Gasteiger partial charge in [0.15, 0.2) is 17.2 Å². The summed E-state index contributed by atoms with van der Waals surface area (Å²) in [4.78, 5) is 21.7. The fourth-order valence-corrected chi connectivity index (χ4v) is 7.00. The molecule has 0 amide bonds. The maximum Gasteiger partial charge on any atom is 0.357 e. The Morgan fingerprint density at radius 3 is 2.04 bits per heavy atom. The van der Waals surface area contributed by atoms with Gasteiger partial charge in [0.05, 0.1) is 40.9 Å². The maximum absolute atomic E-state index is 12.5. The van der Waals surface area contributed by atoms with E-state index in [9.17, 15) is 62.7 Å². The zero-order valence-corrected chi connectivity index (χ0v) is 31.7. The molecular formula is C29H25N7O17S4. The third-order valence-electron chi connectivity index (χ3n) is 7.22. The molecule has 4 aromatic carbocycles. The Bertz CT molecular complexity index is 2840. The highest BCUT2D eigenvalue weighted by molar-refractivity contribution is 7.86. The number of benzene rings is 4. The summed E-state index contributed by atoms with van der Waals surface area (Å²) in [7, 11) is -13.7. The molecule has 0 fully saturated rings. The summed E-state index contributed by atoms with van der Waals surface area (Å²) in [6.07, 6.45) is 0. The Hall–Kier alpha value is -6.14. The van der Waals surface area contributed by atoms with Crippen LogP contribution in [0.2, 0.25) is 0 Å². The summed E-state index contributed by atoms with van der Waals surface area (Å²) in [5.74, 6) is -4.42. The van der Waals surface area contributed by atoms with Gasteiger partial charge in [0.25, 0.3) is 30.4 Å². The van der Waals surface area contributed by atoms with E-state index in [2.05, 4.69) is 35.8 Å². The molecule has 0 radical (unpaired) electrons. The van der Waals surface area contributed by atoms with Gasteiger partial charge in [-0.2, -0.15) is 44.4 Å². The van der Waals surface area contributed by atoms with Gasteiger partial charge in [-0.25, -0.2) is 4.79 Å². The zero-order valence-electron chi connectivity index (χ0n) is 28.4. The number of methoxy groups -OCH3 is 1.